The molecule has 1 atom stereocenters. The Labute approximate surface area is 190 Å². The van der Waals surface area contributed by atoms with Crippen LogP contribution in [-0.2, 0) is 20.7 Å². The third kappa shape index (κ3) is 4.62. The van der Waals surface area contributed by atoms with E-state index in [2.05, 4.69) is 15.2 Å². The molecule has 0 saturated heterocycles. The maximum Gasteiger partial charge on any atom is 0.326 e. The van der Waals surface area contributed by atoms with Crippen LogP contribution in [0.5, 0.6) is 5.75 Å². The average molecular weight is 453 g/mol. The molecule has 2 aromatic carbocycles. The van der Waals surface area contributed by atoms with Gasteiger partial charge in [0.1, 0.15) is 12.3 Å². The van der Waals surface area contributed by atoms with Gasteiger partial charge in [0.25, 0.3) is 0 Å². The minimum Gasteiger partial charge on any atom is -0.496 e. The number of carbonyl (C=O) groups is 2. The quantitative estimate of drug-likeness (QED) is 0.548. The highest BCUT2D eigenvalue weighted by molar-refractivity contribution is 8.00. The van der Waals surface area contributed by atoms with Gasteiger partial charge in [-0.3, -0.25) is 19.6 Å². The summed E-state index contributed by atoms with van der Waals surface area (Å²) in [7, 11) is 1.60. The number of benzene rings is 2. The number of aromatic nitrogens is 3. The van der Waals surface area contributed by atoms with Crippen LogP contribution in [0, 0.1) is 0 Å². The predicted octanol–water partition coefficient (Wildman–Crippen LogP) is 3.48. The van der Waals surface area contributed by atoms with Crippen LogP contribution < -0.4 is 9.64 Å². The minimum absolute atomic E-state index is 0.124. The summed E-state index contributed by atoms with van der Waals surface area (Å²) >= 11 is 1.29. The summed E-state index contributed by atoms with van der Waals surface area (Å²) in [4.78, 5) is 31.7. The molecule has 0 unspecified atom stereocenters. The van der Waals surface area contributed by atoms with Crippen LogP contribution in [0.4, 0.5) is 5.69 Å². The molecule has 1 aromatic heterocycles. The molecular weight excluding hydrogens is 428 g/mol. The minimum atomic E-state index is -0.433. The molecule has 1 aliphatic heterocycles. The van der Waals surface area contributed by atoms with Gasteiger partial charge in [-0.2, -0.15) is 0 Å². The summed E-state index contributed by atoms with van der Waals surface area (Å²) in [6.45, 7) is 1.89. The summed E-state index contributed by atoms with van der Waals surface area (Å²) in [5, 5.41) is 7.27. The maximum absolute atomic E-state index is 13.4. The molecule has 0 spiro atoms. The SMILES string of the molecule is CCOC(=O)CN1C(=O)[C@H](Sc2n[nH]c(-c3ccccc3OC)n2)CCc2ccccc21. The maximum atomic E-state index is 13.4. The van der Waals surface area contributed by atoms with Gasteiger partial charge in [0.05, 0.1) is 24.5 Å². The van der Waals surface area contributed by atoms with Crippen LogP contribution in [-0.4, -0.2) is 52.6 Å². The lowest BCUT2D eigenvalue weighted by Gasteiger charge is -2.24. The summed E-state index contributed by atoms with van der Waals surface area (Å²) in [6, 6.07) is 15.2. The molecule has 1 aliphatic rings. The first-order chi connectivity index (χ1) is 15.6. The smallest absolute Gasteiger partial charge is 0.326 e. The van der Waals surface area contributed by atoms with Gasteiger partial charge in [-0.05, 0) is 43.5 Å². The van der Waals surface area contributed by atoms with Crippen LogP contribution in [0.1, 0.15) is 18.9 Å². The van der Waals surface area contributed by atoms with Crippen LogP contribution >= 0.6 is 11.8 Å². The number of hydrogen-bond donors (Lipinski definition) is 1. The lowest BCUT2D eigenvalue weighted by Crippen LogP contribution is -2.41. The number of nitrogens with one attached hydrogen (secondary N) is 1. The van der Waals surface area contributed by atoms with E-state index in [0.717, 1.165) is 16.8 Å². The fourth-order valence-electron chi connectivity index (χ4n) is 3.68. The number of nitrogens with zero attached hydrogens (tertiary/aromatic N) is 3. The number of hydrogen-bond acceptors (Lipinski definition) is 7. The molecule has 4 rings (SSSR count). The number of aryl methyl sites for hydroxylation is 1. The van der Waals surface area contributed by atoms with Crippen molar-refractivity contribution in [1.29, 1.82) is 0 Å². The van der Waals surface area contributed by atoms with Crippen molar-refractivity contribution >= 4 is 29.3 Å². The molecule has 0 aliphatic carbocycles. The van der Waals surface area contributed by atoms with Crippen molar-refractivity contribution in [3.63, 3.8) is 0 Å². The first-order valence-electron chi connectivity index (χ1n) is 10.4. The van der Waals surface area contributed by atoms with Crippen LogP contribution in [0.2, 0.25) is 0 Å². The van der Waals surface area contributed by atoms with Gasteiger partial charge in [0, 0.05) is 5.69 Å². The Morgan fingerprint density at radius 1 is 1.22 bits per heavy atom. The third-order valence-electron chi connectivity index (χ3n) is 5.17. The highest BCUT2D eigenvalue weighted by Gasteiger charge is 2.33. The van der Waals surface area contributed by atoms with E-state index < -0.39 is 11.2 Å². The largest absolute Gasteiger partial charge is 0.496 e. The van der Waals surface area contributed by atoms with Crippen molar-refractivity contribution in [2.24, 2.45) is 0 Å². The van der Waals surface area contributed by atoms with Gasteiger partial charge >= 0.3 is 5.97 Å². The summed E-state index contributed by atoms with van der Waals surface area (Å²) in [6.07, 6.45) is 1.32. The number of amides is 1. The van der Waals surface area contributed by atoms with E-state index in [-0.39, 0.29) is 19.1 Å². The van der Waals surface area contributed by atoms with Gasteiger partial charge in [0.15, 0.2) is 5.82 Å². The van der Waals surface area contributed by atoms with E-state index in [1.807, 2.05) is 48.5 Å². The molecule has 166 valence electrons. The van der Waals surface area contributed by atoms with Crippen molar-refractivity contribution in [3.8, 4) is 17.1 Å². The van der Waals surface area contributed by atoms with E-state index in [1.165, 1.54) is 16.7 Å². The van der Waals surface area contributed by atoms with E-state index in [9.17, 15) is 9.59 Å². The van der Waals surface area contributed by atoms with Crippen LogP contribution in [0.15, 0.2) is 53.7 Å². The number of ether oxygens (including phenoxy) is 2. The number of H-pyrrole nitrogens is 1. The first kappa shape index (κ1) is 21.9. The second-order valence-electron chi connectivity index (χ2n) is 7.17. The van der Waals surface area contributed by atoms with E-state index >= 15 is 0 Å². The number of carbonyl (C=O) groups excluding carboxylic acids is 2. The van der Waals surface area contributed by atoms with Gasteiger partial charge in [-0.25, -0.2) is 4.98 Å². The van der Waals surface area contributed by atoms with E-state index in [4.69, 9.17) is 9.47 Å². The molecule has 1 amide bonds. The highest BCUT2D eigenvalue weighted by Crippen LogP contribution is 2.34. The predicted molar refractivity (Wildman–Crippen MR) is 122 cm³/mol. The highest BCUT2D eigenvalue weighted by atomic mass is 32.2. The van der Waals surface area contributed by atoms with Crippen molar-refractivity contribution in [3.05, 3.63) is 54.1 Å². The van der Waals surface area contributed by atoms with Crippen LogP contribution in [0.3, 0.4) is 0 Å². The monoisotopic (exact) mass is 452 g/mol. The standard InChI is InChI=1S/C23H24N4O4S/c1-3-31-20(28)14-27-17-10-6-4-8-15(17)12-13-19(22(27)29)32-23-24-21(25-26-23)16-9-5-7-11-18(16)30-2/h4-11,19H,3,12-14H2,1-2H3,(H,24,25,26)/t19-/m1/s1. The fourth-order valence-corrected chi connectivity index (χ4v) is 4.64. The van der Waals surface area contributed by atoms with Gasteiger partial charge in [-0.15, -0.1) is 5.10 Å². The molecule has 9 heteroatoms. The average Bonchev–Trinajstić information content (AvgIpc) is 3.24. The number of esters is 1. The molecule has 32 heavy (non-hydrogen) atoms. The Balaban J connectivity index is 1.57. The number of thioether (sulfide) groups is 1. The van der Waals surface area contributed by atoms with Gasteiger partial charge in [-0.1, -0.05) is 42.1 Å². The topological polar surface area (TPSA) is 97.4 Å². The number of anilines is 1. The van der Waals surface area contributed by atoms with Crippen molar-refractivity contribution < 1.29 is 19.1 Å². The first-order valence-corrected chi connectivity index (χ1v) is 11.3. The molecule has 3 aromatic rings. The van der Waals surface area contributed by atoms with Gasteiger partial charge in [0.2, 0.25) is 11.1 Å². The lowest BCUT2D eigenvalue weighted by atomic mass is 10.1. The zero-order chi connectivity index (χ0) is 22.5. The number of para-hydroxylation sites is 2. The van der Waals surface area contributed by atoms with E-state index in [0.29, 0.717) is 29.6 Å². The third-order valence-corrected chi connectivity index (χ3v) is 6.28. The second-order valence-corrected chi connectivity index (χ2v) is 8.34. The molecule has 2 heterocycles. The molecule has 8 nitrogen and oxygen atoms in total. The van der Waals surface area contributed by atoms with E-state index in [1.54, 1.807) is 14.0 Å². The Morgan fingerprint density at radius 2 is 2.00 bits per heavy atom. The molecule has 0 radical (unpaired) electrons. The second kappa shape index (κ2) is 9.86. The molecule has 0 bridgehead atoms. The molecular formula is C23H24N4O4S. The van der Waals surface area contributed by atoms with Crippen LogP contribution in [0.25, 0.3) is 11.4 Å². The normalized spacial score (nSPS) is 15.8. The van der Waals surface area contributed by atoms with Crippen molar-refractivity contribution in [2.75, 3.05) is 25.2 Å². The summed E-state index contributed by atoms with van der Waals surface area (Å²) < 4.78 is 10.5. The zero-order valence-electron chi connectivity index (χ0n) is 17.9. The van der Waals surface area contributed by atoms with Crippen molar-refractivity contribution in [1.82, 2.24) is 15.2 Å². The molecule has 0 fully saturated rings. The zero-order valence-corrected chi connectivity index (χ0v) is 18.7. The fraction of sp³-hybridized carbons (Fsp3) is 0.304. The van der Waals surface area contributed by atoms with Gasteiger partial charge < -0.3 is 9.47 Å². The number of fused-ring (bicyclic) bond motifs is 1. The summed E-state index contributed by atoms with van der Waals surface area (Å²) in [5.74, 6) is 0.661. The lowest BCUT2D eigenvalue weighted by molar-refractivity contribution is -0.142. The number of aromatic amines is 1. The molecule has 1 N–H and O–H groups in total. The Hall–Kier alpha value is -3.33. The van der Waals surface area contributed by atoms with Crippen molar-refractivity contribution in [2.45, 2.75) is 30.2 Å². The summed E-state index contributed by atoms with van der Waals surface area (Å²) in [5.41, 5.74) is 2.56. The number of rotatable bonds is 7. The Kier molecular flexibility index (Phi) is 6.75. The molecule has 0 saturated carbocycles. The Morgan fingerprint density at radius 3 is 2.81 bits per heavy atom. The number of methoxy groups -OCH3 is 1. The Bertz CT molecular complexity index is 1120.